The highest BCUT2D eigenvalue weighted by Crippen LogP contribution is 2.43. The predicted octanol–water partition coefficient (Wildman–Crippen LogP) is 2.84. The van der Waals surface area contributed by atoms with Gasteiger partial charge < -0.3 is 14.0 Å². The van der Waals surface area contributed by atoms with E-state index in [4.69, 9.17) is 4.52 Å². The Morgan fingerprint density at radius 3 is 2.31 bits per heavy atom. The van der Waals surface area contributed by atoms with Crippen LogP contribution in [0.15, 0.2) is 0 Å². The molecular formula is C9H15F3O3P-. The van der Waals surface area contributed by atoms with E-state index in [1.807, 2.05) is 0 Å². The van der Waals surface area contributed by atoms with Gasteiger partial charge >= 0.3 is 6.18 Å². The average Bonchev–Trinajstić information content (AvgIpc) is 2.15. The summed E-state index contributed by atoms with van der Waals surface area (Å²) in [6.07, 6.45) is -3.11. The largest absolute Gasteiger partial charge is 0.778 e. The minimum Gasteiger partial charge on any atom is -0.778 e. The summed E-state index contributed by atoms with van der Waals surface area (Å²) in [5.41, 5.74) is 0. The van der Waals surface area contributed by atoms with Crippen molar-refractivity contribution < 1.29 is 27.2 Å². The summed E-state index contributed by atoms with van der Waals surface area (Å²) in [5.74, 6) is 0. The van der Waals surface area contributed by atoms with Crippen LogP contribution >= 0.6 is 7.60 Å². The summed E-state index contributed by atoms with van der Waals surface area (Å²) in [4.78, 5) is 11.3. The molecule has 0 N–H and O–H groups in total. The fraction of sp³-hybridized carbons (Fsp3) is 1.00. The molecule has 1 saturated carbocycles. The van der Waals surface area contributed by atoms with Crippen molar-refractivity contribution in [1.82, 2.24) is 0 Å². The topological polar surface area (TPSA) is 49.4 Å². The molecule has 1 atom stereocenters. The van der Waals surface area contributed by atoms with Crippen molar-refractivity contribution in [3.05, 3.63) is 0 Å². The summed E-state index contributed by atoms with van der Waals surface area (Å²) in [6.45, 7) is 0. The summed E-state index contributed by atoms with van der Waals surface area (Å²) in [7, 11) is -4.33. The zero-order valence-electron chi connectivity index (χ0n) is 8.83. The van der Waals surface area contributed by atoms with Gasteiger partial charge in [0.05, 0.1) is 12.5 Å². The second-order valence-corrected chi connectivity index (χ2v) is 5.94. The maximum Gasteiger partial charge on any atom is 0.389 e. The molecule has 0 aromatic heterocycles. The van der Waals surface area contributed by atoms with E-state index in [9.17, 15) is 22.6 Å². The van der Waals surface area contributed by atoms with Crippen LogP contribution in [0.4, 0.5) is 13.2 Å². The average molecular weight is 259 g/mol. The third-order valence-corrected chi connectivity index (χ3v) is 3.92. The first-order valence-electron chi connectivity index (χ1n) is 5.34. The lowest BCUT2D eigenvalue weighted by atomic mass is 9.98. The normalized spacial score (nSPS) is 23.0. The Morgan fingerprint density at radius 2 is 1.81 bits per heavy atom. The van der Waals surface area contributed by atoms with Crippen LogP contribution in [0, 0.1) is 0 Å². The molecule has 0 saturated heterocycles. The SMILES string of the molecule is O=P([O-])(CCC(F)(F)F)OC1CCCCC1. The summed E-state index contributed by atoms with van der Waals surface area (Å²) in [5, 5.41) is 0. The molecule has 1 fully saturated rings. The van der Waals surface area contributed by atoms with E-state index < -0.39 is 32.5 Å². The molecule has 3 nitrogen and oxygen atoms in total. The predicted molar refractivity (Wildman–Crippen MR) is 51.1 cm³/mol. The number of hydrogen-bond acceptors (Lipinski definition) is 3. The highest BCUT2D eigenvalue weighted by Gasteiger charge is 2.30. The molecule has 96 valence electrons. The van der Waals surface area contributed by atoms with Gasteiger partial charge in [0.25, 0.3) is 0 Å². The van der Waals surface area contributed by atoms with Gasteiger partial charge in [0.2, 0.25) is 0 Å². The van der Waals surface area contributed by atoms with Crippen molar-refractivity contribution in [2.75, 3.05) is 6.16 Å². The van der Waals surface area contributed by atoms with Gasteiger partial charge in [0, 0.05) is 6.16 Å². The third kappa shape index (κ3) is 5.87. The van der Waals surface area contributed by atoms with Crippen LogP contribution in [0.25, 0.3) is 0 Å². The first-order chi connectivity index (χ1) is 7.29. The van der Waals surface area contributed by atoms with Crippen LogP contribution in [0.1, 0.15) is 38.5 Å². The second-order valence-electron chi connectivity index (χ2n) is 4.07. The molecule has 1 unspecified atom stereocenters. The maximum atomic E-state index is 11.8. The molecular weight excluding hydrogens is 244 g/mol. The first-order valence-corrected chi connectivity index (χ1v) is 7.06. The Labute approximate surface area is 92.5 Å². The van der Waals surface area contributed by atoms with Crippen molar-refractivity contribution in [1.29, 1.82) is 0 Å². The molecule has 0 amide bonds. The number of alkyl halides is 3. The Balaban J connectivity index is 2.35. The van der Waals surface area contributed by atoms with Gasteiger partial charge in [-0.1, -0.05) is 19.3 Å². The Morgan fingerprint density at radius 1 is 1.25 bits per heavy atom. The molecule has 0 aromatic carbocycles. The van der Waals surface area contributed by atoms with Crippen molar-refractivity contribution in [2.24, 2.45) is 0 Å². The minimum absolute atomic E-state index is 0.412. The van der Waals surface area contributed by atoms with E-state index in [0.717, 1.165) is 19.3 Å². The molecule has 1 rings (SSSR count). The zero-order chi connectivity index (χ0) is 12.2. The Bertz CT molecular complexity index is 261. The summed E-state index contributed by atoms with van der Waals surface area (Å²) < 4.78 is 51.6. The van der Waals surface area contributed by atoms with Crippen LogP contribution < -0.4 is 4.89 Å². The van der Waals surface area contributed by atoms with E-state index in [0.29, 0.717) is 12.8 Å². The standard InChI is InChI=1S/C9H16F3O3P/c10-9(11,12)6-7-16(13,14)15-8-4-2-1-3-5-8/h8H,1-7H2,(H,13,14)/p-1. The molecule has 7 heteroatoms. The van der Waals surface area contributed by atoms with Crippen LogP contribution in [0.2, 0.25) is 0 Å². The fourth-order valence-electron chi connectivity index (χ4n) is 1.71. The summed E-state index contributed by atoms with van der Waals surface area (Å²) in [6, 6.07) is 0. The first kappa shape index (κ1) is 14.0. The Kier molecular flexibility index (Phi) is 4.83. The van der Waals surface area contributed by atoms with Gasteiger partial charge in [-0.15, -0.1) is 0 Å². The molecule has 1 aliphatic rings. The van der Waals surface area contributed by atoms with E-state index in [2.05, 4.69) is 0 Å². The van der Waals surface area contributed by atoms with Gasteiger partial charge in [-0.3, -0.25) is 0 Å². The minimum atomic E-state index is -4.45. The van der Waals surface area contributed by atoms with Crippen LogP contribution in [-0.4, -0.2) is 18.4 Å². The number of hydrogen-bond donors (Lipinski definition) is 0. The molecule has 16 heavy (non-hydrogen) atoms. The molecule has 0 spiro atoms. The molecule has 1 aliphatic carbocycles. The van der Waals surface area contributed by atoms with E-state index in [-0.39, 0.29) is 0 Å². The van der Waals surface area contributed by atoms with Gasteiger partial charge in [-0.2, -0.15) is 13.2 Å². The quantitative estimate of drug-likeness (QED) is 0.729. The van der Waals surface area contributed by atoms with Gasteiger partial charge in [0.15, 0.2) is 0 Å². The van der Waals surface area contributed by atoms with Crippen molar-refractivity contribution in [2.45, 2.75) is 50.8 Å². The van der Waals surface area contributed by atoms with Crippen molar-refractivity contribution in [3.8, 4) is 0 Å². The second kappa shape index (κ2) is 5.52. The monoisotopic (exact) mass is 259 g/mol. The summed E-state index contributed by atoms with van der Waals surface area (Å²) >= 11 is 0. The lowest BCUT2D eigenvalue weighted by molar-refractivity contribution is -0.206. The number of rotatable bonds is 4. The molecule has 0 heterocycles. The molecule has 0 aromatic rings. The molecule has 0 radical (unpaired) electrons. The highest BCUT2D eigenvalue weighted by molar-refractivity contribution is 7.51. The van der Waals surface area contributed by atoms with Gasteiger partial charge in [-0.05, 0) is 12.8 Å². The lowest BCUT2D eigenvalue weighted by Gasteiger charge is -2.31. The van der Waals surface area contributed by atoms with Gasteiger partial charge in [0.1, 0.15) is 7.60 Å². The van der Waals surface area contributed by atoms with Crippen LogP contribution in [0.5, 0.6) is 0 Å². The third-order valence-electron chi connectivity index (χ3n) is 2.53. The van der Waals surface area contributed by atoms with Crippen LogP contribution in [-0.2, 0) is 9.09 Å². The fourth-order valence-corrected chi connectivity index (χ4v) is 3.01. The smallest absolute Gasteiger partial charge is 0.389 e. The highest BCUT2D eigenvalue weighted by atomic mass is 31.2. The Hall–Kier alpha value is -0.0600. The number of halogens is 3. The molecule has 0 aliphatic heterocycles. The van der Waals surface area contributed by atoms with E-state index >= 15 is 0 Å². The van der Waals surface area contributed by atoms with Crippen molar-refractivity contribution >= 4 is 7.60 Å². The van der Waals surface area contributed by atoms with E-state index in [1.54, 1.807) is 0 Å². The van der Waals surface area contributed by atoms with Gasteiger partial charge in [-0.25, -0.2) is 0 Å². The van der Waals surface area contributed by atoms with E-state index in [1.165, 1.54) is 0 Å². The lowest BCUT2D eigenvalue weighted by Crippen LogP contribution is -2.22. The van der Waals surface area contributed by atoms with Crippen LogP contribution in [0.3, 0.4) is 0 Å². The van der Waals surface area contributed by atoms with Crippen molar-refractivity contribution in [3.63, 3.8) is 0 Å². The molecule has 0 bridgehead atoms. The zero-order valence-corrected chi connectivity index (χ0v) is 9.73. The maximum absolute atomic E-state index is 11.8.